The van der Waals surface area contributed by atoms with Gasteiger partial charge in [0.2, 0.25) is 6.29 Å². The molecule has 1 aliphatic rings. The Morgan fingerprint density at radius 1 is 0.667 bits per heavy atom. The highest BCUT2D eigenvalue weighted by atomic mass is 16.7. The zero-order valence-corrected chi connectivity index (χ0v) is 21.3. The minimum Gasteiger partial charge on any atom is -0.494 e. The van der Waals surface area contributed by atoms with Gasteiger partial charge in [-0.2, -0.15) is 0 Å². The summed E-state index contributed by atoms with van der Waals surface area (Å²) in [6, 6.07) is 15.2. The standard InChI is InChI=1S/C29H42O7/c1-2-3-4-5-6-7-8-9-10-19-34-23-15-11-21(12-16-23)22-13-17-24(18-14-22)35-29-28(33)27(32)26(31)25(20-30)36-29/h11-18,25-33H,2-10,19-20H2,1H3/t25-,26-,27+,28-,29-/m1/s1. The van der Waals surface area contributed by atoms with Crippen molar-refractivity contribution in [3.05, 3.63) is 48.5 Å². The largest absolute Gasteiger partial charge is 0.494 e. The molecule has 0 amide bonds. The van der Waals surface area contributed by atoms with Gasteiger partial charge in [0.1, 0.15) is 35.9 Å². The van der Waals surface area contributed by atoms with Gasteiger partial charge in [-0.05, 0) is 41.8 Å². The van der Waals surface area contributed by atoms with E-state index in [-0.39, 0.29) is 0 Å². The molecule has 200 valence electrons. The molecule has 0 spiro atoms. The number of ether oxygens (including phenoxy) is 3. The molecule has 7 heteroatoms. The third-order valence-corrected chi connectivity index (χ3v) is 6.66. The Bertz CT molecular complexity index is 853. The minimum atomic E-state index is -1.47. The summed E-state index contributed by atoms with van der Waals surface area (Å²) in [6.45, 7) is 2.49. The fraction of sp³-hybridized carbons (Fsp3) is 0.586. The minimum absolute atomic E-state index is 0.434. The highest BCUT2D eigenvalue weighted by Gasteiger charge is 2.44. The van der Waals surface area contributed by atoms with Gasteiger partial charge >= 0.3 is 0 Å². The Balaban J connectivity index is 1.40. The van der Waals surface area contributed by atoms with Crippen molar-refractivity contribution in [3.8, 4) is 22.6 Å². The topological polar surface area (TPSA) is 109 Å². The fourth-order valence-corrected chi connectivity index (χ4v) is 4.37. The highest BCUT2D eigenvalue weighted by Crippen LogP contribution is 2.28. The van der Waals surface area contributed by atoms with Crippen LogP contribution >= 0.6 is 0 Å². The van der Waals surface area contributed by atoms with Gasteiger partial charge in [0.15, 0.2) is 0 Å². The molecule has 1 heterocycles. The van der Waals surface area contributed by atoms with E-state index in [1.165, 1.54) is 51.4 Å². The van der Waals surface area contributed by atoms with E-state index in [9.17, 15) is 20.4 Å². The molecule has 0 aliphatic carbocycles. The van der Waals surface area contributed by atoms with E-state index in [1.807, 2.05) is 36.4 Å². The summed E-state index contributed by atoms with van der Waals surface area (Å²) >= 11 is 0. The Morgan fingerprint density at radius 3 is 1.75 bits per heavy atom. The molecule has 0 radical (unpaired) electrons. The molecule has 1 aliphatic heterocycles. The number of benzene rings is 2. The summed E-state index contributed by atoms with van der Waals surface area (Å²) in [5.41, 5.74) is 2.02. The maximum Gasteiger partial charge on any atom is 0.229 e. The summed E-state index contributed by atoms with van der Waals surface area (Å²) in [7, 11) is 0. The van der Waals surface area contributed by atoms with Gasteiger partial charge in [0.25, 0.3) is 0 Å². The molecule has 0 saturated carbocycles. The second kappa shape index (κ2) is 15.2. The molecule has 0 bridgehead atoms. The summed E-state index contributed by atoms with van der Waals surface area (Å²) in [4.78, 5) is 0. The second-order valence-electron chi connectivity index (χ2n) is 9.54. The Labute approximate surface area is 214 Å². The first-order valence-corrected chi connectivity index (χ1v) is 13.3. The molecular weight excluding hydrogens is 460 g/mol. The third kappa shape index (κ3) is 8.46. The summed E-state index contributed by atoms with van der Waals surface area (Å²) in [5, 5.41) is 39.3. The second-order valence-corrected chi connectivity index (χ2v) is 9.54. The molecule has 0 aromatic heterocycles. The lowest BCUT2D eigenvalue weighted by atomic mass is 9.99. The van der Waals surface area contributed by atoms with Crippen molar-refractivity contribution in [2.75, 3.05) is 13.2 Å². The van der Waals surface area contributed by atoms with Crippen molar-refractivity contribution in [2.45, 2.75) is 95.4 Å². The molecule has 2 aromatic carbocycles. The van der Waals surface area contributed by atoms with Crippen LogP contribution in [0.2, 0.25) is 0 Å². The first-order chi connectivity index (χ1) is 17.5. The molecule has 1 fully saturated rings. The summed E-state index contributed by atoms with van der Waals surface area (Å²) < 4.78 is 16.9. The highest BCUT2D eigenvalue weighted by molar-refractivity contribution is 5.64. The van der Waals surface area contributed by atoms with Crippen LogP contribution < -0.4 is 9.47 Å². The van der Waals surface area contributed by atoms with Crippen molar-refractivity contribution in [1.82, 2.24) is 0 Å². The maximum atomic E-state index is 10.1. The predicted molar refractivity (Wildman–Crippen MR) is 139 cm³/mol. The van der Waals surface area contributed by atoms with Gasteiger partial charge in [-0.1, -0.05) is 82.6 Å². The smallest absolute Gasteiger partial charge is 0.229 e. The molecule has 4 N–H and O–H groups in total. The van der Waals surface area contributed by atoms with E-state index in [0.29, 0.717) is 5.75 Å². The van der Waals surface area contributed by atoms with E-state index in [4.69, 9.17) is 14.2 Å². The number of hydrogen-bond donors (Lipinski definition) is 4. The van der Waals surface area contributed by atoms with Crippen molar-refractivity contribution in [1.29, 1.82) is 0 Å². The average molecular weight is 503 g/mol. The van der Waals surface area contributed by atoms with Crippen LogP contribution in [0.5, 0.6) is 11.5 Å². The van der Waals surface area contributed by atoms with Crippen LogP contribution in [0, 0.1) is 0 Å². The van der Waals surface area contributed by atoms with Crippen molar-refractivity contribution in [3.63, 3.8) is 0 Å². The molecule has 1 saturated heterocycles. The fourth-order valence-electron chi connectivity index (χ4n) is 4.37. The monoisotopic (exact) mass is 502 g/mol. The Kier molecular flexibility index (Phi) is 12.0. The van der Waals surface area contributed by atoms with E-state index >= 15 is 0 Å². The SMILES string of the molecule is CCCCCCCCCCCOc1ccc(-c2ccc(O[C@@H]3O[C@H](CO)[C@@H](O)[C@H](O)[C@H]3O)cc2)cc1. The van der Waals surface area contributed by atoms with E-state index < -0.39 is 37.3 Å². The van der Waals surface area contributed by atoms with E-state index in [2.05, 4.69) is 6.92 Å². The van der Waals surface area contributed by atoms with Gasteiger partial charge in [-0.3, -0.25) is 0 Å². The van der Waals surface area contributed by atoms with Crippen LogP contribution in [0.25, 0.3) is 11.1 Å². The average Bonchev–Trinajstić information content (AvgIpc) is 2.91. The summed E-state index contributed by atoms with van der Waals surface area (Å²) in [6.07, 6.45) is 5.11. The van der Waals surface area contributed by atoms with Crippen LogP contribution in [0.15, 0.2) is 48.5 Å². The number of unbranched alkanes of at least 4 members (excludes halogenated alkanes) is 8. The maximum absolute atomic E-state index is 10.1. The lowest BCUT2D eigenvalue weighted by Gasteiger charge is -2.39. The molecule has 5 atom stereocenters. The third-order valence-electron chi connectivity index (χ3n) is 6.66. The normalized spacial score (nSPS) is 24.0. The first-order valence-electron chi connectivity index (χ1n) is 13.3. The van der Waals surface area contributed by atoms with Crippen LogP contribution in [-0.2, 0) is 4.74 Å². The lowest BCUT2D eigenvalue weighted by molar-refractivity contribution is -0.277. The molecular formula is C29H42O7. The van der Waals surface area contributed by atoms with Crippen molar-refractivity contribution >= 4 is 0 Å². The van der Waals surface area contributed by atoms with Crippen LogP contribution in [0.4, 0.5) is 0 Å². The molecule has 0 unspecified atom stereocenters. The molecule has 2 aromatic rings. The lowest BCUT2D eigenvalue weighted by Crippen LogP contribution is -2.60. The van der Waals surface area contributed by atoms with Gasteiger partial charge in [-0.15, -0.1) is 0 Å². The quantitative estimate of drug-likeness (QED) is 0.267. The zero-order valence-electron chi connectivity index (χ0n) is 21.3. The zero-order chi connectivity index (χ0) is 25.8. The van der Waals surface area contributed by atoms with Crippen molar-refractivity contribution in [2.24, 2.45) is 0 Å². The van der Waals surface area contributed by atoms with Gasteiger partial charge in [0.05, 0.1) is 13.2 Å². The number of aliphatic hydroxyl groups excluding tert-OH is 4. The van der Waals surface area contributed by atoms with E-state index in [1.54, 1.807) is 12.1 Å². The Morgan fingerprint density at radius 2 is 1.19 bits per heavy atom. The Hall–Kier alpha value is -2.16. The van der Waals surface area contributed by atoms with E-state index in [0.717, 1.165) is 29.9 Å². The molecule has 3 rings (SSSR count). The number of aliphatic hydroxyl groups is 4. The van der Waals surface area contributed by atoms with Gasteiger partial charge in [0, 0.05) is 0 Å². The molecule has 36 heavy (non-hydrogen) atoms. The van der Waals surface area contributed by atoms with Gasteiger partial charge < -0.3 is 34.6 Å². The molecule has 7 nitrogen and oxygen atoms in total. The van der Waals surface area contributed by atoms with Crippen LogP contribution in [0.3, 0.4) is 0 Å². The predicted octanol–water partition coefficient (Wildman–Crippen LogP) is 4.44. The first kappa shape index (κ1) is 28.4. The summed E-state index contributed by atoms with van der Waals surface area (Å²) in [5.74, 6) is 1.30. The van der Waals surface area contributed by atoms with Gasteiger partial charge in [-0.25, -0.2) is 0 Å². The van der Waals surface area contributed by atoms with Crippen LogP contribution in [-0.4, -0.2) is 64.3 Å². The number of hydrogen-bond acceptors (Lipinski definition) is 7. The van der Waals surface area contributed by atoms with Crippen LogP contribution in [0.1, 0.15) is 64.7 Å². The van der Waals surface area contributed by atoms with Crippen molar-refractivity contribution < 1.29 is 34.6 Å². The number of rotatable bonds is 15.